The Morgan fingerprint density at radius 1 is 1.32 bits per heavy atom. The predicted octanol–water partition coefficient (Wildman–Crippen LogP) is 1.89. The van der Waals surface area contributed by atoms with E-state index >= 15 is 0 Å². The number of ether oxygens (including phenoxy) is 1. The van der Waals surface area contributed by atoms with Gasteiger partial charge >= 0.3 is 6.09 Å². The van der Waals surface area contributed by atoms with Crippen LogP contribution in [-0.2, 0) is 24.8 Å². The zero-order chi connectivity index (χ0) is 13.5. The average Bonchev–Trinajstić information content (AvgIpc) is 2.83. The van der Waals surface area contributed by atoms with Crippen molar-refractivity contribution in [3.63, 3.8) is 0 Å². The highest BCUT2D eigenvalue weighted by atomic mass is 16.5. The van der Waals surface area contributed by atoms with Crippen molar-refractivity contribution in [2.24, 2.45) is 7.05 Å². The van der Waals surface area contributed by atoms with Gasteiger partial charge in [0.1, 0.15) is 6.61 Å². The molecular weight excluding hydrogens is 242 g/mol. The van der Waals surface area contributed by atoms with Gasteiger partial charge in [-0.2, -0.15) is 5.10 Å². The minimum atomic E-state index is -0.403. The molecule has 100 valence electrons. The van der Waals surface area contributed by atoms with E-state index in [0.717, 1.165) is 11.3 Å². The van der Waals surface area contributed by atoms with E-state index in [0.29, 0.717) is 13.0 Å². The summed E-state index contributed by atoms with van der Waals surface area (Å²) in [5.74, 6) is 0. The molecule has 0 saturated heterocycles. The molecule has 19 heavy (non-hydrogen) atoms. The topological polar surface area (TPSA) is 56.2 Å². The van der Waals surface area contributed by atoms with Crippen LogP contribution in [0.1, 0.15) is 11.3 Å². The van der Waals surface area contributed by atoms with E-state index in [1.165, 1.54) is 0 Å². The summed E-state index contributed by atoms with van der Waals surface area (Å²) in [6.07, 6.45) is 2.17. The quantitative estimate of drug-likeness (QED) is 0.892. The number of aryl methyl sites for hydroxylation is 1. The second-order valence-corrected chi connectivity index (χ2v) is 4.22. The van der Waals surface area contributed by atoms with E-state index in [4.69, 9.17) is 4.74 Å². The van der Waals surface area contributed by atoms with E-state index in [9.17, 15) is 4.79 Å². The van der Waals surface area contributed by atoms with Gasteiger partial charge in [0.05, 0.1) is 5.69 Å². The van der Waals surface area contributed by atoms with Crippen molar-refractivity contribution >= 4 is 6.09 Å². The Morgan fingerprint density at radius 3 is 2.79 bits per heavy atom. The maximum atomic E-state index is 11.5. The van der Waals surface area contributed by atoms with Crippen LogP contribution in [0.3, 0.4) is 0 Å². The van der Waals surface area contributed by atoms with Crippen molar-refractivity contribution in [1.29, 1.82) is 0 Å². The van der Waals surface area contributed by atoms with Gasteiger partial charge in [0, 0.05) is 26.2 Å². The smallest absolute Gasteiger partial charge is 0.407 e. The van der Waals surface area contributed by atoms with Crippen LogP contribution in [0.15, 0.2) is 42.6 Å². The van der Waals surface area contributed by atoms with Crippen molar-refractivity contribution in [2.45, 2.75) is 13.0 Å². The normalized spacial score (nSPS) is 10.2. The maximum Gasteiger partial charge on any atom is 0.407 e. The Bertz CT molecular complexity index is 522. The first-order valence-corrected chi connectivity index (χ1v) is 6.17. The molecule has 0 spiro atoms. The fraction of sp³-hybridized carbons (Fsp3) is 0.286. The second-order valence-electron chi connectivity index (χ2n) is 4.22. The molecule has 5 heteroatoms. The number of hydrogen-bond donors (Lipinski definition) is 1. The number of aromatic nitrogens is 2. The molecule has 5 nitrogen and oxygen atoms in total. The highest BCUT2D eigenvalue weighted by molar-refractivity contribution is 5.67. The van der Waals surface area contributed by atoms with Gasteiger partial charge in [-0.15, -0.1) is 0 Å². The molecule has 1 aromatic carbocycles. The van der Waals surface area contributed by atoms with Crippen LogP contribution in [0.25, 0.3) is 0 Å². The molecule has 2 rings (SSSR count). The van der Waals surface area contributed by atoms with Crippen LogP contribution in [-0.4, -0.2) is 22.4 Å². The van der Waals surface area contributed by atoms with Gasteiger partial charge in [-0.1, -0.05) is 30.3 Å². The van der Waals surface area contributed by atoms with Gasteiger partial charge in [0.2, 0.25) is 0 Å². The molecule has 0 atom stereocenters. The van der Waals surface area contributed by atoms with E-state index in [2.05, 4.69) is 10.4 Å². The molecule has 0 fully saturated rings. The minimum absolute atomic E-state index is 0.288. The van der Waals surface area contributed by atoms with Crippen LogP contribution in [0.5, 0.6) is 0 Å². The molecule has 0 bridgehead atoms. The lowest BCUT2D eigenvalue weighted by molar-refractivity contribution is 0.140. The van der Waals surface area contributed by atoms with Crippen LogP contribution < -0.4 is 5.32 Å². The molecule has 0 saturated carbocycles. The molecule has 0 radical (unpaired) electrons. The molecule has 0 aliphatic rings. The number of hydrogen-bond acceptors (Lipinski definition) is 3. The van der Waals surface area contributed by atoms with E-state index in [-0.39, 0.29) is 6.61 Å². The SMILES string of the molecule is Cn1ccc(CCNC(=O)OCc2ccccc2)n1. The number of carbonyl (C=O) groups excluding carboxylic acids is 1. The van der Waals surface area contributed by atoms with Gasteiger partial charge < -0.3 is 10.1 Å². The largest absolute Gasteiger partial charge is 0.445 e. The first-order chi connectivity index (χ1) is 9.24. The van der Waals surface area contributed by atoms with Crippen molar-refractivity contribution in [3.05, 3.63) is 53.9 Å². The predicted molar refractivity (Wildman–Crippen MR) is 71.5 cm³/mol. The third-order valence-electron chi connectivity index (χ3n) is 2.63. The van der Waals surface area contributed by atoms with E-state index < -0.39 is 6.09 Å². The number of carbonyl (C=O) groups is 1. The standard InChI is InChI=1S/C14H17N3O2/c1-17-10-8-13(16-17)7-9-15-14(18)19-11-12-5-3-2-4-6-12/h2-6,8,10H,7,9,11H2,1H3,(H,15,18). The molecule has 1 heterocycles. The Morgan fingerprint density at radius 2 is 2.11 bits per heavy atom. The van der Waals surface area contributed by atoms with Gasteiger partial charge in [-0.05, 0) is 11.6 Å². The van der Waals surface area contributed by atoms with Crippen LogP contribution in [0.4, 0.5) is 4.79 Å². The Hall–Kier alpha value is -2.30. The number of alkyl carbamates (subject to hydrolysis) is 1. The lowest BCUT2D eigenvalue weighted by Crippen LogP contribution is -2.26. The summed E-state index contributed by atoms with van der Waals surface area (Å²) >= 11 is 0. The van der Waals surface area contributed by atoms with Gasteiger partial charge in [-0.3, -0.25) is 4.68 Å². The zero-order valence-corrected chi connectivity index (χ0v) is 10.9. The highest BCUT2D eigenvalue weighted by Gasteiger charge is 2.03. The second kappa shape index (κ2) is 6.58. The molecule has 1 aromatic heterocycles. The summed E-state index contributed by atoms with van der Waals surface area (Å²) in [7, 11) is 1.87. The van der Waals surface area contributed by atoms with Gasteiger partial charge in [0.25, 0.3) is 0 Å². The summed E-state index contributed by atoms with van der Waals surface area (Å²) in [5, 5.41) is 6.93. The van der Waals surface area contributed by atoms with Gasteiger partial charge in [0.15, 0.2) is 0 Å². The number of amides is 1. The number of benzene rings is 1. The number of nitrogens with zero attached hydrogens (tertiary/aromatic N) is 2. The van der Waals surface area contributed by atoms with E-state index in [1.54, 1.807) is 4.68 Å². The summed E-state index contributed by atoms with van der Waals surface area (Å²) in [4.78, 5) is 11.5. The lowest BCUT2D eigenvalue weighted by atomic mass is 10.2. The molecular formula is C14H17N3O2. The summed E-state index contributed by atoms with van der Waals surface area (Å²) in [6, 6.07) is 11.5. The van der Waals surface area contributed by atoms with Crippen molar-refractivity contribution in [2.75, 3.05) is 6.54 Å². The van der Waals surface area contributed by atoms with Crippen molar-refractivity contribution < 1.29 is 9.53 Å². The fourth-order valence-corrected chi connectivity index (χ4v) is 1.66. The Labute approximate surface area is 112 Å². The van der Waals surface area contributed by atoms with Crippen molar-refractivity contribution in [1.82, 2.24) is 15.1 Å². The fourth-order valence-electron chi connectivity index (χ4n) is 1.66. The van der Waals surface area contributed by atoms with Crippen LogP contribution in [0.2, 0.25) is 0 Å². The average molecular weight is 259 g/mol. The zero-order valence-electron chi connectivity index (χ0n) is 10.9. The van der Waals surface area contributed by atoms with Crippen LogP contribution in [0, 0.1) is 0 Å². The van der Waals surface area contributed by atoms with Crippen molar-refractivity contribution in [3.8, 4) is 0 Å². The molecule has 0 aliphatic heterocycles. The van der Waals surface area contributed by atoms with Gasteiger partial charge in [-0.25, -0.2) is 4.79 Å². The number of nitrogens with one attached hydrogen (secondary N) is 1. The molecule has 0 unspecified atom stereocenters. The summed E-state index contributed by atoms with van der Waals surface area (Å²) < 4.78 is 6.83. The maximum absolute atomic E-state index is 11.5. The minimum Gasteiger partial charge on any atom is -0.445 e. The molecule has 1 N–H and O–H groups in total. The number of rotatable bonds is 5. The summed E-state index contributed by atoms with van der Waals surface area (Å²) in [6.45, 7) is 0.806. The van der Waals surface area contributed by atoms with E-state index in [1.807, 2.05) is 49.6 Å². The molecule has 0 aliphatic carbocycles. The third-order valence-corrected chi connectivity index (χ3v) is 2.63. The first-order valence-electron chi connectivity index (χ1n) is 6.17. The Kier molecular flexibility index (Phi) is 4.55. The first kappa shape index (κ1) is 13.1. The molecule has 2 aromatic rings. The lowest BCUT2D eigenvalue weighted by Gasteiger charge is -2.06. The highest BCUT2D eigenvalue weighted by Crippen LogP contribution is 2.00. The molecule has 1 amide bonds. The third kappa shape index (κ3) is 4.46. The summed E-state index contributed by atoms with van der Waals surface area (Å²) in [5.41, 5.74) is 1.92. The monoisotopic (exact) mass is 259 g/mol. The Balaban J connectivity index is 1.65. The van der Waals surface area contributed by atoms with Crippen LogP contribution >= 0.6 is 0 Å².